The summed E-state index contributed by atoms with van der Waals surface area (Å²) < 4.78 is 24.7. The van der Waals surface area contributed by atoms with Gasteiger partial charge in [-0.25, -0.2) is 14.4 Å². The maximum atomic E-state index is 13.6. The molecule has 1 fully saturated rings. The number of para-hydroxylation sites is 1. The molecule has 1 aliphatic heterocycles. The van der Waals surface area contributed by atoms with Crippen molar-refractivity contribution in [3.8, 4) is 11.8 Å². The van der Waals surface area contributed by atoms with Crippen LogP contribution in [0.4, 0.5) is 4.39 Å². The van der Waals surface area contributed by atoms with Gasteiger partial charge in [0, 0.05) is 17.9 Å². The highest BCUT2D eigenvalue weighted by Crippen LogP contribution is 2.18. The lowest BCUT2D eigenvalue weighted by Crippen LogP contribution is -2.46. The van der Waals surface area contributed by atoms with Crippen LogP contribution in [-0.4, -0.2) is 46.6 Å². The summed E-state index contributed by atoms with van der Waals surface area (Å²) in [5.74, 6) is -0.593. The van der Waals surface area contributed by atoms with Gasteiger partial charge in [-0.3, -0.25) is 4.79 Å². The lowest BCUT2D eigenvalue weighted by molar-refractivity contribution is -0.136. The smallest absolute Gasteiger partial charge is 0.317 e. The third-order valence-electron chi connectivity index (χ3n) is 4.15. The van der Waals surface area contributed by atoms with E-state index >= 15 is 0 Å². The fourth-order valence-corrected chi connectivity index (χ4v) is 2.95. The number of carbonyl (C=O) groups is 1. The van der Waals surface area contributed by atoms with Gasteiger partial charge in [-0.1, -0.05) is 12.1 Å². The van der Waals surface area contributed by atoms with Gasteiger partial charge < -0.3 is 14.4 Å². The number of aryl methyl sites for hydroxylation is 2. The van der Waals surface area contributed by atoms with Crippen molar-refractivity contribution in [2.75, 3.05) is 19.7 Å². The Morgan fingerprint density at radius 1 is 1.27 bits per heavy atom. The second-order valence-electron chi connectivity index (χ2n) is 6.37. The minimum absolute atomic E-state index is 0.0781. The number of piperidine rings is 1. The van der Waals surface area contributed by atoms with Crippen LogP contribution < -0.4 is 9.47 Å². The highest BCUT2D eigenvalue weighted by Gasteiger charge is 2.26. The number of ether oxygens (including phenoxy) is 2. The molecule has 1 atom stereocenters. The lowest BCUT2D eigenvalue weighted by atomic mass is 10.1. The molecule has 6 nitrogen and oxygen atoms in total. The number of benzene rings is 1. The number of rotatable bonds is 5. The number of hydrogen-bond acceptors (Lipinski definition) is 5. The lowest BCUT2D eigenvalue weighted by Gasteiger charge is -2.32. The molecule has 0 saturated carbocycles. The van der Waals surface area contributed by atoms with E-state index in [1.165, 1.54) is 12.1 Å². The number of aromatic nitrogens is 2. The summed E-state index contributed by atoms with van der Waals surface area (Å²) in [7, 11) is 0. The van der Waals surface area contributed by atoms with Gasteiger partial charge in [-0.15, -0.1) is 0 Å². The van der Waals surface area contributed by atoms with Crippen LogP contribution in [0.15, 0.2) is 30.3 Å². The van der Waals surface area contributed by atoms with Crippen molar-refractivity contribution in [3.63, 3.8) is 0 Å². The molecule has 1 unspecified atom stereocenters. The van der Waals surface area contributed by atoms with Gasteiger partial charge in [-0.05, 0) is 44.9 Å². The second kappa shape index (κ2) is 8.12. The second-order valence-corrected chi connectivity index (χ2v) is 6.37. The molecular weight excluding hydrogens is 337 g/mol. The first-order chi connectivity index (χ1) is 12.5. The highest BCUT2D eigenvalue weighted by atomic mass is 19.1. The van der Waals surface area contributed by atoms with Crippen LogP contribution in [0.1, 0.15) is 24.2 Å². The van der Waals surface area contributed by atoms with E-state index in [0.717, 1.165) is 24.2 Å². The number of nitrogens with zero attached hydrogens (tertiary/aromatic N) is 3. The zero-order valence-electron chi connectivity index (χ0n) is 14.9. The predicted molar refractivity (Wildman–Crippen MR) is 93.6 cm³/mol. The Labute approximate surface area is 152 Å². The first-order valence-corrected chi connectivity index (χ1v) is 8.65. The summed E-state index contributed by atoms with van der Waals surface area (Å²) in [6, 6.07) is 8.26. The molecule has 1 aromatic carbocycles. The van der Waals surface area contributed by atoms with E-state index < -0.39 is 5.82 Å². The van der Waals surface area contributed by atoms with Gasteiger partial charge in [0.1, 0.15) is 6.10 Å². The first kappa shape index (κ1) is 18.1. The molecule has 3 rings (SSSR count). The minimum Gasteiger partial charge on any atom is -0.481 e. The summed E-state index contributed by atoms with van der Waals surface area (Å²) in [4.78, 5) is 22.6. The molecule has 2 aromatic rings. The molecular formula is C19H22FN3O3. The van der Waals surface area contributed by atoms with Crippen LogP contribution in [0.5, 0.6) is 11.8 Å². The van der Waals surface area contributed by atoms with E-state index in [-0.39, 0.29) is 24.4 Å². The van der Waals surface area contributed by atoms with E-state index in [2.05, 4.69) is 9.97 Å². The minimum atomic E-state index is -0.480. The van der Waals surface area contributed by atoms with Gasteiger partial charge >= 0.3 is 6.01 Å². The van der Waals surface area contributed by atoms with Crippen LogP contribution >= 0.6 is 0 Å². The van der Waals surface area contributed by atoms with Crippen molar-refractivity contribution in [1.29, 1.82) is 0 Å². The number of halogens is 1. The van der Waals surface area contributed by atoms with Crippen LogP contribution in [0.3, 0.4) is 0 Å². The number of likely N-dealkylation sites (tertiary alicyclic amines) is 1. The topological polar surface area (TPSA) is 64.5 Å². The summed E-state index contributed by atoms with van der Waals surface area (Å²) >= 11 is 0. The Morgan fingerprint density at radius 3 is 2.73 bits per heavy atom. The van der Waals surface area contributed by atoms with Crippen LogP contribution in [-0.2, 0) is 4.79 Å². The quantitative estimate of drug-likeness (QED) is 0.821. The average Bonchev–Trinajstić information content (AvgIpc) is 2.60. The molecule has 2 heterocycles. The van der Waals surface area contributed by atoms with Gasteiger partial charge in [0.15, 0.2) is 18.2 Å². The van der Waals surface area contributed by atoms with Crippen molar-refractivity contribution in [1.82, 2.24) is 14.9 Å². The molecule has 1 amide bonds. The number of carbonyl (C=O) groups excluding carboxylic acids is 1. The molecule has 1 saturated heterocycles. The third-order valence-corrected chi connectivity index (χ3v) is 4.15. The molecule has 0 N–H and O–H groups in total. The molecule has 0 bridgehead atoms. The molecule has 26 heavy (non-hydrogen) atoms. The average molecular weight is 359 g/mol. The van der Waals surface area contributed by atoms with Crippen molar-refractivity contribution in [2.24, 2.45) is 0 Å². The molecule has 138 valence electrons. The summed E-state index contributed by atoms with van der Waals surface area (Å²) in [6.07, 6.45) is 1.48. The van der Waals surface area contributed by atoms with Gasteiger partial charge in [0.2, 0.25) is 0 Å². The van der Waals surface area contributed by atoms with Crippen LogP contribution in [0.25, 0.3) is 0 Å². The van der Waals surface area contributed by atoms with E-state index in [4.69, 9.17) is 9.47 Å². The molecule has 1 aromatic heterocycles. The third kappa shape index (κ3) is 4.68. The maximum Gasteiger partial charge on any atom is 0.317 e. The first-order valence-electron chi connectivity index (χ1n) is 8.65. The van der Waals surface area contributed by atoms with E-state index in [0.29, 0.717) is 19.1 Å². The summed E-state index contributed by atoms with van der Waals surface area (Å²) in [6.45, 7) is 4.65. The molecule has 0 radical (unpaired) electrons. The largest absolute Gasteiger partial charge is 0.481 e. The van der Waals surface area contributed by atoms with Crippen molar-refractivity contribution >= 4 is 5.91 Å². The Bertz CT molecular complexity index is 764. The van der Waals surface area contributed by atoms with E-state index in [1.807, 2.05) is 19.9 Å². The monoisotopic (exact) mass is 359 g/mol. The highest BCUT2D eigenvalue weighted by molar-refractivity contribution is 5.77. The Morgan fingerprint density at radius 2 is 2.00 bits per heavy atom. The summed E-state index contributed by atoms with van der Waals surface area (Å²) in [5, 5.41) is 0. The standard InChI is InChI=1S/C19H22FN3O3/c1-13-10-14(2)22-19(21-13)26-15-6-5-9-23(11-15)18(24)12-25-17-8-4-3-7-16(17)20/h3-4,7-8,10,15H,5-6,9,11-12H2,1-2H3. The van der Waals surface area contributed by atoms with Gasteiger partial charge in [0.25, 0.3) is 5.91 Å². The van der Waals surface area contributed by atoms with Gasteiger partial charge in [-0.2, -0.15) is 0 Å². The predicted octanol–water partition coefficient (Wildman–Crippen LogP) is 2.68. The number of amides is 1. The SMILES string of the molecule is Cc1cc(C)nc(OC2CCCN(C(=O)COc3ccccc3F)C2)n1. The Hall–Kier alpha value is -2.70. The summed E-state index contributed by atoms with van der Waals surface area (Å²) in [5.41, 5.74) is 1.68. The molecule has 0 aliphatic carbocycles. The number of hydrogen-bond donors (Lipinski definition) is 0. The zero-order valence-corrected chi connectivity index (χ0v) is 14.9. The maximum absolute atomic E-state index is 13.6. The fourth-order valence-electron chi connectivity index (χ4n) is 2.95. The van der Waals surface area contributed by atoms with E-state index in [1.54, 1.807) is 17.0 Å². The Kier molecular flexibility index (Phi) is 5.65. The van der Waals surface area contributed by atoms with Crippen LogP contribution in [0, 0.1) is 19.7 Å². The van der Waals surface area contributed by atoms with Crippen molar-refractivity contribution in [2.45, 2.75) is 32.8 Å². The van der Waals surface area contributed by atoms with E-state index in [9.17, 15) is 9.18 Å². The van der Waals surface area contributed by atoms with Crippen molar-refractivity contribution < 1.29 is 18.7 Å². The van der Waals surface area contributed by atoms with Crippen LogP contribution in [0.2, 0.25) is 0 Å². The normalized spacial score (nSPS) is 17.0. The van der Waals surface area contributed by atoms with Crippen molar-refractivity contribution in [3.05, 3.63) is 47.5 Å². The van der Waals surface area contributed by atoms with Gasteiger partial charge in [0.05, 0.1) is 6.54 Å². The molecule has 1 aliphatic rings. The zero-order chi connectivity index (χ0) is 18.5. The molecule has 7 heteroatoms. The molecule has 0 spiro atoms. The Balaban J connectivity index is 1.55. The fraction of sp³-hybridized carbons (Fsp3) is 0.421.